The SMILES string of the molecule is Cc1ccc(C)c(N2C=C(C#N)S(=O)(=O)c3ccc(Cl)cc32)c1. The predicted octanol–water partition coefficient (Wildman–Crippen LogP) is 4.25. The first-order valence-corrected chi connectivity index (χ1v) is 8.74. The third kappa shape index (κ3) is 2.50. The summed E-state index contributed by atoms with van der Waals surface area (Å²) in [6.45, 7) is 3.89. The van der Waals surface area contributed by atoms with E-state index in [-0.39, 0.29) is 9.80 Å². The van der Waals surface area contributed by atoms with E-state index in [1.54, 1.807) is 17.0 Å². The lowest BCUT2D eigenvalue weighted by Crippen LogP contribution is -2.22. The van der Waals surface area contributed by atoms with E-state index >= 15 is 0 Å². The summed E-state index contributed by atoms with van der Waals surface area (Å²) in [5.74, 6) is 0. The van der Waals surface area contributed by atoms with Crippen LogP contribution < -0.4 is 4.90 Å². The summed E-state index contributed by atoms with van der Waals surface area (Å²) < 4.78 is 25.0. The molecule has 4 nitrogen and oxygen atoms in total. The number of hydrogen-bond donors (Lipinski definition) is 0. The van der Waals surface area contributed by atoms with Crippen LogP contribution in [0, 0.1) is 25.2 Å². The van der Waals surface area contributed by atoms with Crippen molar-refractivity contribution < 1.29 is 8.42 Å². The average molecular weight is 345 g/mol. The molecule has 0 saturated carbocycles. The molecule has 1 aliphatic rings. The highest BCUT2D eigenvalue weighted by Crippen LogP contribution is 2.41. The summed E-state index contributed by atoms with van der Waals surface area (Å²) in [5.41, 5.74) is 3.27. The Kier molecular flexibility index (Phi) is 3.67. The Labute approximate surface area is 140 Å². The molecule has 1 heterocycles. The zero-order valence-electron chi connectivity index (χ0n) is 12.5. The van der Waals surface area contributed by atoms with Gasteiger partial charge in [0.05, 0.1) is 10.6 Å². The molecule has 23 heavy (non-hydrogen) atoms. The second-order valence-electron chi connectivity index (χ2n) is 5.38. The van der Waals surface area contributed by atoms with Gasteiger partial charge in [-0.2, -0.15) is 5.26 Å². The molecule has 0 saturated heterocycles. The van der Waals surface area contributed by atoms with E-state index in [1.807, 2.05) is 32.0 Å². The second kappa shape index (κ2) is 5.41. The molecule has 2 aromatic rings. The van der Waals surface area contributed by atoms with E-state index in [2.05, 4.69) is 0 Å². The quantitative estimate of drug-likeness (QED) is 0.776. The maximum atomic E-state index is 12.5. The minimum absolute atomic E-state index is 0.0851. The zero-order chi connectivity index (χ0) is 16.8. The molecule has 0 N–H and O–H groups in total. The fourth-order valence-electron chi connectivity index (χ4n) is 2.55. The van der Waals surface area contributed by atoms with Crippen molar-refractivity contribution in [2.45, 2.75) is 18.7 Å². The average Bonchev–Trinajstić information content (AvgIpc) is 2.50. The van der Waals surface area contributed by atoms with Gasteiger partial charge in [-0.15, -0.1) is 0 Å². The molecule has 2 aromatic carbocycles. The number of aryl methyl sites for hydroxylation is 2. The summed E-state index contributed by atoms with van der Waals surface area (Å²) in [6, 6.07) is 12.2. The lowest BCUT2D eigenvalue weighted by Gasteiger charge is -2.29. The van der Waals surface area contributed by atoms with Crippen LogP contribution in [0.4, 0.5) is 11.4 Å². The first-order valence-electron chi connectivity index (χ1n) is 6.87. The highest BCUT2D eigenvalue weighted by Gasteiger charge is 2.32. The lowest BCUT2D eigenvalue weighted by atomic mass is 10.1. The number of hydrogen-bond acceptors (Lipinski definition) is 4. The number of rotatable bonds is 1. The van der Waals surface area contributed by atoms with E-state index in [4.69, 9.17) is 11.6 Å². The molecule has 0 amide bonds. The molecular weight excluding hydrogens is 332 g/mol. The second-order valence-corrected chi connectivity index (χ2v) is 7.70. The minimum Gasteiger partial charge on any atom is -0.313 e. The third-order valence-electron chi connectivity index (χ3n) is 3.74. The Morgan fingerprint density at radius 3 is 2.52 bits per heavy atom. The van der Waals surface area contributed by atoms with Gasteiger partial charge in [-0.3, -0.25) is 0 Å². The molecule has 1 aliphatic heterocycles. The van der Waals surface area contributed by atoms with Crippen LogP contribution in [0.5, 0.6) is 0 Å². The summed E-state index contributed by atoms with van der Waals surface area (Å²) in [6.07, 6.45) is 1.36. The minimum atomic E-state index is -3.81. The highest BCUT2D eigenvalue weighted by atomic mass is 35.5. The Morgan fingerprint density at radius 2 is 1.83 bits per heavy atom. The Balaban J connectivity index is 2.36. The maximum Gasteiger partial charge on any atom is 0.220 e. The van der Waals surface area contributed by atoms with Gasteiger partial charge in [0.25, 0.3) is 0 Å². The van der Waals surface area contributed by atoms with E-state index in [1.165, 1.54) is 18.3 Å². The van der Waals surface area contributed by atoms with Gasteiger partial charge in [0.15, 0.2) is 4.91 Å². The summed E-state index contributed by atoms with van der Waals surface area (Å²) >= 11 is 6.06. The van der Waals surface area contributed by atoms with Crippen molar-refractivity contribution in [3.63, 3.8) is 0 Å². The van der Waals surface area contributed by atoms with Crippen LogP contribution in [0.2, 0.25) is 5.02 Å². The molecular formula is C17H13ClN2O2S. The van der Waals surface area contributed by atoms with Gasteiger partial charge >= 0.3 is 0 Å². The Hall–Kier alpha value is -2.29. The van der Waals surface area contributed by atoms with Crippen molar-refractivity contribution in [3.8, 4) is 6.07 Å². The Bertz CT molecular complexity index is 988. The molecule has 0 radical (unpaired) electrons. The molecule has 0 aliphatic carbocycles. The first-order chi connectivity index (χ1) is 10.8. The van der Waals surface area contributed by atoms with Crippen molar-refractivity contribution in [2.75, 3.05) is 4.90 Å². The van der Waals surface area contributed by atoms with E-state index in [0.717, 1.165) is 16.8 Å². The molecule has 0 aromatic heterocycles. The van der Waals surface area contributed by atoms with Gasteiger partial charge in [-0.1, -0.05) is 23.7 Å². The van der Waals surface area contributed by atoms with Gasteiger partial charge in [0, 0.05) is 16.9 Å². The molecule has 0 spiro atoms. The van der Waals surface area contributed by atoms with Gasteiger partial charge in [-0.05, 0) is 49.2 Å². The number of halogens is 1. The number of benzene rings is 2. The van der Waals surface area contributed by atoms with Crippen molar-refractivity contribution in [1.82, 2.24) is 0 Å². The Morgan fingerprint density at radius 1 is 1.09 bits per heavy atom. The normalized spacial score (nSPS) is 15.6. The number of nitrogens with zero attached hydrogens (tertiary/aromatic N) is 2. The maximum absolute atomic E-state index is 12.5. The third-order valence-corrected chi connectivity index (χ3v) is 5.68. The van der Waals surface area contributed by atoms with E-state index in [0.29, 0.717) is 10.7 Å². The van der Waals surface area contributed by atoms with Crippen LogP contribution in [0.25, 0.3) is 0 Å². The molecule has 3 rings (SSSR count). The van der Waals surface area contributed by atoms with Crippen LogP contribution in [-0.4, -0.2) is 8.42 Å². The number of anilines is 2. The van der Waals surface area contributed by atoms with Crippen molar-refractivity contribution >= 4 is 32.8 Å². The van der Waals surface area contributed by atoms with Gasteiger partial charge in [0.1, 0.15) is 6.07 Å². The predicted molar refractivity (Wildman–Crippen MR) is 90.4 cm³/mol. The molecule has 6 heteroatoms. The molecule has 0 atom stereocenters. The lowest BCUT2D eigenvalue weighted by molar-refractivity contribution is 0.602. The van der Waals surface area contributed by atoms with Crippen molar-refractivity contribution in [2.24, 2.45) is 0 Å². The van der Waals surface area contributed by atoms with Crippen LogP contribution in [0.1, 0.15) is 11.1 Å². The number of nitriles is 1. The fraction of sp³-hybridized carbons (Fsp3) is 0.118. The van der Waals surface area contributed by atoms with Gasteiger partial charge < -0.3 is 4.90 Å². The smallest absolute Gasteiger partial charge is 0.220 e. The van der Waals surface area contributed by atoms with Crippen LogP contribution >= 0.6 is 11.6 Å². The first kappa shape index (κ1) is 15.6. The number of sulfone groups is 1. The largest absolute Gasteiger partial charge is 0.313 e. The standard InChI is InChI=1S/C17H13ClN2O2S/c1-11-3-4-12(2)15(7-11)20-10-14(9-19)23(21,22)17-6-5-13(18)8-16(17)20/h3-8,10H,1-2H3. The topological polar surface area (TPSA) is 61.2 Å². The number of fused-ring (bicyclic) bond motifs is 1. The highest BCUT2D eigenvalue weighted by molar-refractivity contribution is 7.95. The molecule has 0 unspecified atom stereocenters. The monoisotopic (exact) mass is 344 g/mol. The molecule has 0 bridgehead atoms. The fourth-order valence-corrected chi connectivity index (χ4v) is 4.00. The summed E-state index contributed by atoms with van der Waals surface area (Å²) in [4.78, 5) is 1.51. The van der Waals surface area contributed by atoms with Crippen molar-refractivity contribution in [1.29, 1.82) is 5.26 Å². The summed E-state index contributed by atoms with van der Waals surface area (Å²) in [5, 5.41) is 9.68. The van der Waals surface area contributed by atoms with Crippen LogP contribution in [0.3, 0.4) is 0 Å². The number of allylic oxidation sites excluding steroid dienone is 1. The van der Waals surface area contributed by atoms with Crippen LogP contribution in [-0.2, 0) is 9.84 Å². The van der Waals surface area contributed by atoms with Gasteiger partial charge in [-0.25, -0.2) is 8.42 Å². The molecule has 116 valence electrons. The van der Waals surface area contributed by atoms with E-state index in [9.17, 15) is 13.7 Å². The van der Waals surface area contributed by atoms with Gasteiger partial charge in [0.2, 0.25) is 9.84 Å². The van der Waals surface area contributed by atoms with Crippen LogP contribution in [0.15, 0.2) is 52.4 Å². The molecule has 0 fully saturated rings. The summed E-state index contributed by atoms with van der Waals surface area (Å²) in [7, 11) is -3.81. The van der Waals surface area contributed by atoms with Crippen molar-refractivity contribution in [3.05, 3.63) is 63.7 Å². The zero-order valence-corrected chi connectivity index (χ0v) is 14.1. The van der Waals surface area contributed by atoms with E-state index < -0.39 is 9.84 Å².